The number of hydrogen-bond acceptors (Lipinski definition) is 4. The first-order chi connectivity index (χ1) is 8.81. The molecule has 1 amide bonds. The van der Waals surface area contributed by atoms with Crippen LogP contribution in [-0.2, 0) is 11.2 Å². The van der Waals surface area contributed by atoms with Crippen LogP contribution < -0.4 is 5.32 Å². The van der Waals surface area contributed by atoms with Gasteiger partial charge in [-0.1, -0.05) is 6.07 Å². The Morgan fingerprint density at radius 2 is 2.50 bits per heavy atom. The molecule has 0 aromatic carbocycles. The summed E-state index contributed by atoms with van der Waals surface area (Å²) in [5.41, 5.74) is 0.912. The number of nitriles is 1. The zero-order valence-corrected chi connectivity index (χ0v) is 10.2. The van der Waals surface area contributed by atoms with Crippen LogP contribution in [0, 0.1) is 11.3 Å². The molecule has 1 unspecified atom stereocenters. The van der Waals surface area contributed by atoms with Gasteiger partial charge in [0.2, 0.25) is 5.91 Å². The summed E-state index contributed by atoms with van der Waals surface area (Å²) in [6, 6.07) is 7.50. The molecule has 2 heterocycles. The fourth-order valence-electron chi connectivity index (χ4n) is 2.04. The second-order valence-electron chi connectivity index (χ2n) is 4.26. The predicted molar refractivity (Wildman–Crippen MR) is 66.5 cm³/mol. The van der Waals surface area contributed by atoms with Gasteiger partial charge in [0.05, 0.1) is 6.07 Å². The number of carbonyl (C=O) groups excluding carboxylic acids is 1. The van der Waals surface area contributed by atoms with E-state index in [1.165, 1.54) is 0 Å². The van der Waals surface area contributed by atoms with Crippen LogP contribution in [-0.4, -0.2) is 41.5 Å². The van der Waals surface area contributed by atoms with Gasteiger partial charge in [-0.2, -0.15) is 5.26 Å². The number of aromatic nitrogens is 1. The van der Waals surface area contributed by atoms with E-state index in [0.29, 0.717) is 25.9 Å². The normalized spacial score (nSPS) is 19.3. The highest BCUT2D eigenvalue weighted by atomic mass is 16.2. The largest absolute Gasteiger partial charge is 0.324 e. The fourth-order valence-corrected chi connectivity index (χ4v) is 2.04. The van der Waals surface area contributed by atoms with E-state index in [9.17, 15) is 4.79 Å². The van der Waals surface area contributed by atoms with Crippen LogP contribution in [0.1, 0.15) is 12.1 Å². The highest BCUT2D eigenvalue weighted by Gasteiger charge is 2.25. The topological polar surface area (TPSA) is 69.0 Å². The number of carbonyl (C=O) groups is 1. The summed E-state index contributed by atoms with van der Waals surface area (Å²) in [5.74, 6) is 0.0358. The van der Waals surface area contributed by atoms with Crippen LogP contribution in [0.5, 0.6) is 0 Å². The van der Waals surface area contributed by atoms with E-state index in [0.717, 1.165) is 12.2 Å². The molecule has 5 nitrogen and oxygen atoms in total. The summed E-state index contributed by atoms with van der Waals surface area (Å²) in [4.78, 5) is 17.9. The lowest BCUT2D eigenvalue weighted by Gasteiger charge is -2.32. The van der Waals surface area contributed by atoms with Crippen molar-refractivity contribution in [2.45, 2.75) is 18.9 Å². The number of nitrogens with zero attached hydrogens (tertiary/aromatic N) is 3. The van der Waals surface area contributed by atoms with Gasteiger partial charge < -0.3 is 10.2 Å². The van der Waals surface area contributed by atoms with Crippen molar-refractivity contribution in [2.75, 3.05) is 19.6 Å². The van der Waals surface area contributed by atoms with Crippen molar-refractivity contribution in [3.63, 3.8) is 0 Å². The molecular weight excluding hydrogens is 228 g/mol. The maximum atomic E-state index is 12.1. The Hall–Kier alpha value is -1.93. The molecular formula is C13H16N4O. The summed E-state index contributed by atoms with van der Waals surface area (Å²) in [6.07, 6.45) is 2.76. The lowest BCUT2D eigenvalue weighted by molar-refractivity contribution is -0.133. The van der Waals surface area contributed by atoms with E-state index >= 15 is 0 Å². The van der Waals surface area contributed by atoms with Crippen molar-refractivity contribution in [3.05, 3.63) is 30.1 Å². The zero-order valence-electron chi connectivity index (χ0n) is 10.2. The van der Waals surface area contributed by atoms with E-state index in [1.807, 2.05) is 18.2 Å². The number of piperazine rings is 1. The van der Waals surface area contributed by atoms with Gasteiger partial charge in [-0.05, 0) is 18.6 Å². The number of hydrogen-bond donors (Lipinski definition) is 1. The lowest BCUT2D eigenvalue weighted by Crippen LogP contribution is -2.53. The zero-order chi connectivity index (χ0) is 12.8. The van der Waals surface area contributed by atoms with Crippen molar-refractivity contribution >= 4 is 5.91 Å². The Morgan fingerprint density at radius 1 is 1.61 bits per heavy atom. The first-order valence-electron chi connectivity index (χ1n) is 6.11. The van der Waals surface area contributed by atoms with E-state index in [-0.39, 0.29) is 11.9 Å². The van der Waals surface area contributed by atoms with Gasteiger partial charge in [0.15, 0.2) is 0 Å². The summed E-state index contributed by atoms with van der Waals surface area (Å²) < 4.78 is 0. The first-order valence-corrected chi connectivity index (χ1v) is 6.11. The minimum atomic E-state index is -0.338. The maximum absolute atomic E-state index is 12.1. The first kappa shape index (κ1) is 12.5. The summed E-state index contributed by atoms with van der Waals surface area (Å²) in [6.45, 7) is 1.93. The molecule has 2 rings (SSSR count). The Morgan fingerprint density at radius 3 is 3.22 bits per heavy atom. The fraction of sp³-hybridized carbons (Fsp3) is 0.462. The minimum Gasteiger partial charge on any atom is -0.324 e. The second-order valence-corrected chi connectivity index (χ2v) is 4.26. The average Bonchev–Trinajstić information content (AvgIpc) is 2.45. The van der Waals surface area contributed by atoms with Crippen LogP contribution in [0.4, 0.5) is 0 Å². The Balaban J connectivity index is 1.89. The van der Waals surface area contributed by atoms with Crippen LogP contribution in [0.25, 0.3) is 0 Å². The number of aryl methyl sites for hydroxylation is 1. The minimum absolute atomic E-state index is 0.0358. The Labute approximate surface area is 106 Å². The van der Waals surface area contributed by atoms with Gasteiger partial charge >= 0.3 is 0 Å². The van der Waals surface area contributed by atoms with Crippen LogP contribution in [0.2, 0.25) is 0 Å². The molecule has 0 radical (unpaired) electrons. The molecule has 94 valence electrons. The molecule has 1 fully saturated rings. The van der Waals surface area contributed by atoms with Gasteiger partial charge in [-0.15, -0.1) is 0 Å². The van der Waals surface area contributed by atoms with Crippen molar-refractivity contribution in [1.29, 1.82) is 5.26 Å². The number of pyridine rings is 1. The number of rotatable bonds is 3. The quantitative estimate of drug-likeness (QED) is 0.832. The third-order valence-electron chi connectivity index (χ3n) is 3.03. The van der Waals surface area contributed by atoms with Gasteiger partial charge in [-0.3, -0.25) is 9.78 Å². The molecule has 0 aliphatic carbocycles. The molecule has 0 saturated carbocycles. The highest BCUT2D eigenvalue weighted by molar-refractivity contribution is 5.77. The highest BCUT2D eigenvalue weighted by Crippen LogP contribution is 2.07. The van der Waals surface area contributed by atoms with Crippen LogP contribution in [0.3, 0.4) is 0 Å². The molecule has 1 aliphatic rings. The monoisotopic (exact) mass is 244 g/mol. The number of nitrogens with one attached hydrogen (secondary N) is 1. The molecule has 1 saturated heterocycles. The van der Waals surface area contributed by atoms with Gasteiger partial charge in [-0.25, -0.2) is 0 Å². The Bertz CT molecular complexity index is 440. The molecule has 1 aromatic rings. The third-order valence-corrected chi connectivity index (χ3v) is 3.03. The van der Waals surface area contributed by atoms with Crippen LogP contribution in [0.15, 0.2) is 24.4 Å². The smallest absolute Gasteiger partial charge is 0.224 e. The predicted octanol–water partition coefficient (Wildman–Crippen LogP) is 0.338. The molecule has 0 bridgehead atoms. The lowest BCUT2D eigenvalue weighted by atomic mass is 10.1. The molecule has 1 aromatic heterocycles. The van der Waals surface area contributed by atoms with Gasteiger partial charge in [0.1, 0.15) is 6.04 Å². The van der Waals surface area contributed by atoms with Crippen LogP contribution >= 0.6 is 0 Å². The van der Waals surface area contributed by atoms with Gasteiger partial charge in [0.25, 0.3) is 0 Å². The molecule has 18 heavy (non-hydrogen) atoms. The van der Waals surface area contributed by atoms with E-state index in [4.69, 9.17) is 5.26 Å². The van der Waals surface area contributed by atoms with Gasteiger partial charge in [0, 0.05) is 37.9 Å². The molecule has 1 atom stereocenters. The number of amides is 1. The average molecular weight is 244 g/mol. The molecule has 0 spiro atoms. The SMILES string of the molecule is N#CC1CNCCN1C(=O)CCc1ccccn1. The summed E-state index contributed by atoms with van der Waals surface area (Å²) in [5, 5.41) is 12.1. The van der Waals surface area contributed by atoms with Crippen molar-refractivity contribution in [2.24, 2.45) is 0 Å². The summed E-state index contributed by atoms with van der Waals surface area (Å²) >= 11 is 0. The summed E-state index contributed by atoms with van der Waals surface area (Å²) in [7, 11) is 0. The third kappa shape index (κ3) is 3.05. The Kier molecular flexibility index (Phi) is 4.26. The van der Waals surface area contributed by atoms with Crippen molar-refractivity contribution in [3.8, 4) is 6.07 Å². The maximum Gasteiger partial charge on any atom is 0.224 e. The van der Waals surface area contributed by atoms with E-state index in [1.54, 1.807) is 11.1 Å². The van der Waals surface area contributed by atoms with E-state index in [2.05, 4.69) is 16.4 Å². The van der Waals surface area contributed by atoms with Crippen molar-refractivity contribution in [1.82, 2.24) is 15.2 Å². The van der Waals surface area contributed by atoms with E-state index < -0.39 is 0 Å². The van der Waals surface area contributed by atoms with Crippen molar-refractivity contribution < 1.29 is 4.79 Å². The molecule has 1 N–H and O–H groups in total. The molecule has 5 heteroatoms. The second kappa shape index (κ2) is 6.12. The standard InChI is InChI=1S/C13H16N4O/c14-9-12-10-15-7-8-17(12)13(18)5-4-11-3-1-2-6-16-11/h1-3,6,12,15H,4-5,7-8,10H2. The molecule has 1 aliphatic heterocycles.